The molecule has 0 heterocycles. The highest BCUT2D eigenvalue weighted by Gasteiger charge is 2.41. The zero-order valence-corrected chi connectivity index (χ0v) is 9.95. The van der Waals surface area contributed by atoms with Crippen LogP contribution in [0.2, 0.25) is 0 Å². The molecule has 0 amide bonds. The van der Waals surface area contributed by atoms with Gasteiger partial charge in [0.05, 0.1) is 13.5 Å². The van der Waals surface area contributed by atoms with Crippen molar-refractivity contribution in [3.8, 4) is 0 Å². The molecule has 1 N–H and O–H groups in total. The Labute approximate surface area is 90.0 Å². The van der Waals surface area contributed by atoms with Gasteiger partial charge in [-0.3, -0.25) is 4.79 Å². The average molecular weight is 217 g/mol. The van der Waals surface area contributed by atoms with Gasteiger partial charge in [-0.2, -0.15) is 11.8 Å². The van der Waals surface area contributed by atoms with Gasteiger partial charge in [-0.1, -0.05) is 0 Å². The fraction of sp³-hybridized carbons (Fsp3) is 0.900. The Morgan fingerprint density at radius 2 is 2.29 bits per heavy atom. The number of carbonyl (C=O) groups excluding carboxylic acids is 1. The van der Waals surface area contributed by atoms with Gasteiger partial charge in [0.15, 0.2) is 0 Å². The third-order valence-corrected chi connectivity index (χ3v) is 4.13. The van der Waals surface area contributed by atoms with Gasteiger partial charge in [0, 0.05) is 17.3 Å². The molecule has 1 aliphatic rings. The van der Waals surface area contributed by atoms with Crippen LogP contribution < -0.4 is 5.32 Å². The minimum atomic E-state index is -0.140. The summed E-state index contributed by atoms with van der Waals surface area (Å²) in [5, 5.41) is 3.38. The SMILES string of the molecule is COC(=O)CC(C)NCC1(SC)CC1. The molecule has 1 fully saturated rings. The molecule has 0 saturated heterocycles. The zero-order chi connectivity index (χ0) is 10.6. The molecule has 1 aliphatic carbocycles. The van der Waals surface area contributed by atoms with Crippen LogP contribution in [0, 0.1) is 0 Å². The van der Waals surface area contributed by atoms with E-state index < -0.39 is 0 Å². The molecule has 0 aromatic rings. The quantitative estimate of drug-likeness (QED) is 0.683. The van der Waals surface area contributed by atoms with Crippen molar-refractivity contribution in [2.24, 2.45) is 0 Å². The van der Waals surface area contributed by atoms with Gasteiger partial charge in [-0.05, 0) is 26.0 Å². The molecule has 1 unspecified atom stereocenters. The lowest BCUT2D eigenvalue weighted by atomic mass is 10.2. The Balaban J connectivity index is 2.14. The molecule has 3 nitrogen and oxygen atoms in total. The third-order valence-electron chi connectivity index (χ3n) is 2.71. The van der Waals surface area contributed by atoms with Crippen LogP contribution >= 0.6 is 11.8 Å². The zero-order valence-electron chi connectivity index (χ0n) is 9.13. The summed E-state index contributed by atoms with van der Waals surface area (Å²) < 4.78 is 5.07. The molecule has 4 heteroatoms. The Bertz CT molecular complexity index is 204. The average Bonchev–Trinajstić information content (AvgIpc) is 2.95. The van der Waals surface area contributed by atoms with Crippen molar-refractivity contribution >= 4 is 17.7 Å². The Hall–Kier alpha value is -0.220. The van der Waals surface area contributed by atoms with E-state index >= 15 is 0 Å². The lowest BCUT2D eigenvalue weighted by Crippen LogP contribution is -2.35. The van der Waals surface area contributed by atoms with E-state index in [1.165, 1.54) is 20.0 Å². The molecule has 0 aliphatic heterocycles. The van der Waals surface area contributed by atoms with Crippen LogP contribution in [0.25, 0.3) is 0 Å². The smallest absolute Gasteiger partial charge is 0.307 e. The number of esters is 1. The van der Waals surface area contributed by atoms with Crippen LogP contribution in [0.3, 0.4) is 0 Å². The second-order valence-corrected chi connectivity index (χ2v) is 5.22. The van der Waals surface area contributed by atoms with Crippen LogP contribution in [-0.2, 0) is 9.53 Å². The van der Waals surface area contributed by atoms with E-state index in [9.17, 15) is 4.79 Å². The first kappa shape index (κ1) is 11.9. The van der Waals surface area contributed by atoms with E-state index in [1.54, 1.807) is 0 Å². The first-order valence-corrected chi connectivity index (χ1v) is 6.20. The summed E-state index contributed by atoms with van der Waals surface area (Å²) in [6.45, 7) is 3.03. The van der Waals surface area contributed by atoms with Crippen molar-refractivity contribution in [2.45, 2.75) is 37.0 Å². The van der Waals surface area contributed by atoms with Gasteiger partial charge < -0.3 is 10.1 Å². The van der Waals surface area contributed by atoms with Crippen LogP contribution in [0.1, 0.15) is 26.2 Å². The normalized spacial score (nSPS) is 20.2. The van der Waals surface area contributed by atoms with Crippen molar-refractivity contribution in [1.29, 1.82) is 0 Å². The number of methoxy groups -OCH3 is 1. The standard InChI is InChI=1S/C10H19NO2S/c1-8(6-9(12)13-2)11-7-10(14-3)4-5-10/h8,11H,4-7H2,1-3H3. The number of hydrogen-bond acceptors (Lipinski definition) is 4. The summed E-state index contributed by atoms with van der Waals surface area (Å²) in [4.78, 5) is 11.0. The summed E-state index contributed by atoms with van der Waals surface area (Å²) in [6, 6.07) is 0.215. The Kier molecular flexibility index (Phi) is 4.26. The summed E-state index contributed by atoms with van der Waals surface area (Å²) in [5.41, 5.74) is 0. The molecule has 0 aromatic carbocycles. The predicted octanol–water partition coefficient (Wildman–Crippen LogP) is 1.42. The van der Waals surface area contributed by atoms with Crippen molar-refractivity contribution in [1.82, 2.24) is 5.32 Å². The van der Waals surface area contributed by atoms with E-state index in [0.29, 0.717) is 11.2 Å². The summed E-state index contributed by atoms with van der Waals surface area (Å²) in [7, 11) is 1.43. The number of rotatable bonds is 6. The fourth-order valence-corrected chi connectivity index (χ4v) is 2.10. The van der Waals surface area contributed by atoms with Crippen LogP contribution in [0.5, 0.6) is 0 Å². The monoisotopic (exact) mass is 217 g/mol. The maximum Gasteiger partial charge on any atom is 0.307 e. The largest absolute Gasteiger partial charge is 0.469 e. The second-order valence-electron chi connectivity index (χ2n) is 3.95. The highest BCUT2D eigenvalue weighted by Crippen LogP contribution is 2.46. The maximum absolute atomic E-state index is 11.0. The van der Waals surface area contributed by atoms with Gasteiger partial charge in [-0.25, -0.2) is 0 Å². The van der Waals surface area contributed by atoms with E-state index in [0.717, 1.165) is 6.54 Å². The Morgan fingerprint density at radius 3 is 2.71 bits per heavy atom. The topological polar surface area (TPSA) is 38.3 Å². The summed E-state index contributed by atoms with van der Waals surface area (Å²) in [6.07, 6.45) is 5.21. The first-order chi connectivity index (χ1) is 6.62. The number of carbonyl (C=O) groups is 1. The minimum Gasteiger partial charge on any atom is -0.469 e. The molecule has 0 radical (unpaired) electrons. The molecule has 14 heavy (non-hydrogen) atoms. The highest BCUT2D eigenvalue weighted by molar-refractivity contribution is 8.00. The van der Waals surface area contributed by atoms with Gasteiger partial charge in [0.2, 0.25) is 0 Å². The van der Waals surface area contributed by atoms with Gasteiger partial charge >= 0.3 is 5.97 Å². The van der Waals surface area contributed by atoms with Crippen molar-refractivity contribution in [2.75, 3.05) is 19.9 Å². The van der Waals surface area contributed by atoms with E-state index in [4.69, 9.17) is 0 Å². The van der Waals surface area contributed by atoms with E-state index in [-0.39, 0.29) is 12.0 Å². The molecule has 82 valence electrons. The van der Waals surface area contributed by atoms with E-state index in [1.807, 2.05) is 18.7 Å². The number of nitrogens with one attached hydrogen (secondary N) is 1. The minimum absolute atomic E-state index is 0.140. The molecular weight excluding hydrogens is 198 g/mol. The second kappa shape index (κ2) is 5.03. The van der Waals surface area contributed by atoms with Gasteiger partial charge in [0.25, 0.3) is 0 Å². The molecule has 0 spiro atoms. The molecule has 1 atom stereocenters. The first-order valence-electron chi connectivity index (χ1n) is 4.97. The number of thioether (sulfide) groups is 1. The van der Waals surface area contributed by atoms with Crippen LogP contribution in [0.4, 0.5) is 0 Å². The number of ether oxygens (including phenoxy) is 1. The molecule has 1 saturated carbocycles. The molecule has 1 rings (SSSR count). The maximum atomic E-state index is 11.0. The summed E-state index contributed by atoms with van der Waals surface area (Å²) in [5.74, 6) is -0.140. The van der Waals surface area contributed by atoms with Crippen molar-refractivity contribution in [3.05, 3.63) is 0 Å². The lowest BCUT2D eigenvalue weighted by molar-refractivity contribution is -0.141. The predicted molar refractivity (Wildman–Crippen MR) is 59.6 cm³/mol. The van der Waals surface area contributed by atoms with Crippen molar-refractivity contribution in [3.63, 3.8) is 0 Å². The number of hydrogen-bond donors (Lipinski definition) is 1. The lowest BCUT2D eigenvalue weighted by Gasteiger charge is -2.17. The molecule has 0 bridgehead atoms. The fourth-order valence-electron chi connectivity index (χ4n) is 1.36. The van der Waals surface area contributed by atoms with Crippen molar-refractivity contribution < 1.29 is 9.53 Å². The third kappa shape index (κ3) is 3.50. The van der Waals surface area contributed by atoms with Crippen LogP contribution in [0.15, 0.2) is 0 Å². The Morgan fingerprint density at radius 1 is 1.64 bits per heavy atom. The van der Waals surface area contributed by atoms with Crippen LogP contribution in [-0.4, -0.2) is 36.7 Å². The molecular formula is C10H19NO2S. The van der Waals surface area contributed by atoms with Gasteiger partial charge in [-0.15, -0.1) is 0 Å². The van der Waals surface area contributed by atoms with Gasteiger partial charge in [0.1, 0.15) is 0 Å². The van der Waals surface area contributed by atoms with E-state index in [2.05, 4.69) is 16.3 Å². The summed E-state index contributed by atoms with van der Waals surface area (Å²) >= 11 is 1.93. The highest BCUT2D eigenvalue weighted by atomic mass is 32.2. The molecule has 0 aromatic heterocycles.